The van der Waals surface area contributed by atoms with Gasteiger partial charge in [-0.2, -0.15) is 18.2 Å². The van der Waals surface area contributed by atoms with Crippen LogP contribution < -0.4 is 20.4 Å². The molecule has 2 N–H and O–H groups in total. The van der Waals surface area contributed by atoms with Crippen LogP contribution in [-0.4, -0.2) is 54.1 Å². The van der Waals surface area contributed by atoms with Gasteiger partial charge in [0.2, 0.25) is 11.9 Å². The molecule has 3 aliphatic rings. The summed E-state index contributed by atoms with van der Waals surface area (Å²) in [5.74, 6) is 1.32. The summed E-state index contributed by atoms with van der Waals surface area (Å²) in [5.41, 5.74) is 2.41. The van der Waals surface area contributed by atoms with Crippen molar-refractivity contribution in [1.82, 2.24) is 20.3 Å². The number of aromatic nitrogens is 3. The van der Waals surface area contributed by atoms with Crippen molar-refractivity contribution in [3.8, 4) is 0 Å². The second-order valence-electron chi connectivity index (χ2n) is 11.1. The number of alkyl halides is 3. The van der Waals surface area contributed by atoms with Gasteiger partial charge in [-0.05, 0) is 68.4 Å². The average Bonchev–Trinajstić information content (AvgIpc) is 3.82. The van der Waals surface area contributed by atoms with Gasteiger partial charge in [-0.15, -0.1) is 0 Å². The van der Waals surface area contributed by atoms with Crippen molar-refractivity contribution in [3.63, 3.8) is 0 Å². The standard InChI is InChI=1S/C30H34F3N7O/c1-34-27(41)29(13-14-29)20-7-9-21(10-8-20)36-25-22-11-18-39(26-23(30(31,32)33)6-5-15-35-26)19-12-24(22)37-28(38-25)40-16-3-2-4-17-40/h5-10,15H,2-4,11-14,16-19H2,1H3,(H,34,41)(H,36,37,38). The zero-order chi connectivity index (χ0) is 28.6. The molecular weight excluding hydrogens is 531 g/mol. The van der Waals surface area contributed by atoms with E-state index in [2.05, 4.69) is 20.5 Å². The minimum atomic E-state index is -4.49. The molecule has 41 heavy (non-hydrogen) atoms. The third-order valence-electron chi connectivity index (χ3n) is 8.47. The lowest BCUT2D eigenvalue weighted by molar-refractivity contribution is -0.137. The number of hydrogen-bond acceptors (Lipinski definition) is 7. The van der Waals surface area contributed by atoms with Crippen molar-refractivity contribution in [2.24, 2.45) is 0 Å². The highest BCUT2D eigenvalue weighted by Gasteiger charge is 2.50. The maximum Gasteiger partial charge on any atom is 0.419 e. The van der Waals surface area contributed by atoms with Crippen molar-refractivity contribution in [3.05, 3.63) is 65.0 Å². The van der Waals surface area contributed by atoms with Crippen LogP contribution in [0.15, 0.2) is 42.6 Å². The minimum absolute atomic E-state index is 0.0386. The van der Waals surface area contributed by atoms with Crippen LogP contribution in [0.25, 0.3) is 0 Å². The highest BCUT2D eigenvalue weighted by molar-refractivity contribution is 5.91. The number of nitrogens with zero attached hydrogens (tertiary/aromatic N) is 5. The lowest BCUT2D eigenvalue weighted by Gasteiger charge is -2.28. The Bertz CT molecular complexity index is 1420. The van der Waals surface area contributed by atoms with Gasteiger partial charge in [-0.3, -0.25) is 4.79 Å². The molecule has 1 aliphatic carbocycles. The van der Waals surface area contributed by atoms with Gasteiger partial charge >= 0.3 is 6.18 Å². The van der Waals surface area contributed by atoms with Gasteiger partial charge in [0.15, 0.2) is 0 Å². The van der Waals surface area contributed by atoms with Gasteiger partial charge < -0.3 is 20.4 Å². The number of carbonyl (C=O) groups excluding carboxylic acids is 1. The lowest BCUT2D eigenvalue weighted by atomic mass is 9.95. The molecule has 8 nitrogen and oxygen atoms in total. The van der Waals surface area contributed by atoms with Crippen LogP contribution >= 0.6 is 0 Å². The maximum atomic E-state index is 13.8. The van der Waals surface area contributed by atoms with E-state index < -0.39 is 17.2 Å². The summed E-state index contributed by atoms with van der Waals surface area (Å²) in [6.45, 7) is 2.49. The monoisotopic (exact) mass is 565 g/mol. The third-order valence-corrected chi connectivity index (χ3v) is 8.47. The highest BCUT2D eigenvalue weighted by atomic mass is 19.4. The number of carbonyl (C=O) groups is 1. The van der Waals surface area contributed by atoms with E-state index in [1.54, 1.807) is 11.9 Å². The second-order valence-corrected chi connectivity index (χ2v) is 11.1. The zero-order valence-electron chi connectivity index (χ0n) is 23.1. The van der Waals surface area contributed by atoms with Gasteiger partial charge in [0.25, 0.3) is 0 Å². The summed E-state index contributed by atoms with van der Waals surface area (Å²) in [7, 11) is 1.66. The van der Waals surface area contributed by atoms with Gasteiger partial charge in [0, 0.05) is 57.1 Å². The Labute approximate surface area is 237 Å². The Morgan fingerprint density at radius 1 is 0.927 bits per heavy atom. The SMILES string of the molecule is CNC(=O)C1(c2ccc(Nc3nc(N4CCCCC4)nc4c3CCN(c3ncccc3C(F)(F)F)CC4)cc2)CC1. The van der Waals surface area contributed by atoms with E-state index in [1.807, 2.05) is 24.3 Å². The molecule has 0 unspecified atom stereocenters. The Morgan fingerprint density at radius 2 is 1.66 bits per heavy atom. The first-order chi connectivity index (χ1) is 19.8. The first-order valence-corrected chi connectivity index (χ1v) is 14.3. The number of anilines is 4. The number of piperidine rings is 1. The molecule has 3 aromatic rings. The number of nitrogens with one attached hydrogen (secondary N) is 2. The van der Waals surface area contributed by atoms with E-state index in [1.165, 1.54) is 18.7 Å². The van der Waals surface area contributed by atoms with Crippen LogP contribution in [0.3, 0.4) is 0 Å². The summed E-state index contributed by atoms with van der Waals surface area (Å²) in [5, 5.41) is 6.26. The van der Waals surface area contributed by atoms with Crippen LogP contribution in [0.4, 0.5) is 36.4 Å². The molecule has 4 heterocycles. The Morgan fingerprint density at radius 3 is 2.34 bits per heavy atom. The van der Waals surface area contributed by atoms with Crippen LogP contribution in [0, 0.1) is 0 Å². The first kappa shape index (κ1) is 27.3. The fourth-order valence-electron chi connectivity index (χ4n) is 6.03. The number of pyridine rings is 1. The molecule has 0 radical (unpaired) electrons. The van der Waals surface area contributed by atoms with Crippen molar-refractivity contribution in [1.29, 1.82) is 0 Å². The summed E-state index contributed by atoms with van der Waals surface area (Å²) in [6.07, 6.45) is 2.87. The highest BCUT2D eigenvalue weighted by Crippen LogP contribution is 2.48. The Balaban J connectivity index is 1.31. The van der Waals surface area contributed by atoms with E-state index >= 15 is 0 Å². The molecular formula is C30H34F3N7O. The number of benzene rings is 1. The van der Waals surface area contributed by atoms with Gasteiger partial charge in [-0.1, -0.05) is 12.1 Å². The minimum Gasteiger partial charge on any atom is -0.358 e. The van der Waals surface area contributed by atoms with Crippen LogP contribution in [-0.2, 0) is 29.2 Å². The second kappa shape index (κ2) is 10.8. The number of likely N-dealkylation sites (N-methyl/N-ethyl adjacent to an activating group) is 1. The van der Waals surface area contributed by atoms with Crippen molar-refractivity contribution < 1.29 is 18.0 Å². The Kier molecular flexibility index (Phi) is 7.21. The molecule has 1 amide bonds. The molecule has 0 bridgehead atoms. The zero-order valence-corrected chi connectivity index (χ0v) is 23.1. The fourth-order valence-corrected chi connectivity index (χ4v) is 6.03. The fraction of sp³-hybridized carbons (Fsp3) is 0.467. The predicted octanol–water partition coefficient (Wildman–Crippen LogP) is 5.01. The summed E-state index contributed by atoms with van der Waals surface area (Å²) in [4.78, 5) is 30.4. The normalized spacial score (nSPS) is 18.3. The molecule has 216 valence electrons. The molecule has 1 saturated heterocycles. The molecule has 2 aliphatic heterocycles. The molecule has 2 fully saturated rings. The van der Waals surface area contributed by atoms with Crippen LogP contribution in [0.5, 0.6) is 0 Å². The van der Waals surface area contributed by atoms with Gasteiger partial charge in [0.05, 0.1) is 16.7 Å². The quantitative estimate of drug-likeness (QED) is 0.435. The van der Waals surface area contributed by atoms with E-state index in [-0.39, 0.29) is 11.7 Å². The van der Waals surface area contributed by atoms with Gasteiger partial charge in [-0.25, -0.2) is 9.97 Å². The third kappa shape index (κ3) is 5.41. The average molecular weight is 566 g/mol. The Hall–Kier alpha value is -3.89. The summed E-state index contributed by atoms with van der Waals surface area (Å²) < 4.78 is 41.3. The molecule has 0 atom stereocenters. The topological polar surface area (TPSA) is 86.3 Å². The number of fused-ring (bicyclic) bond motifs is 1. The molecule has 1 saturated carbocycles. The smallest absolute Gasteiger partial charge is 0.358 e. The first-order valence-electron chi connectivity index (χ1n) is 14.3. The number of rotatable bonds is 6. The van der Waals surface area contributed by atoms with Crippen molar-refractivity contribution in [2.45, 2.75) is 56.5 Å². The van der Waals surface area contributed by atoms with E-state index in [0.29, 0.717) is 37.7 Å². The van der Waals surface area contributed by atoms with Crippen molar-refractivity contribution in [2.75, 3.05) is 48.3 Å². The maximum absolute atomic E-state index is 13.8. The van der Waals surface area contributed by atoms with E-state index in [9.17, 15) is 18.0 Å². The van der Waals surface area contributed by atoms with Gasteiger partial charge in [0.1, 0.15) is 11.6 Å². The largest absolute Gasteiger partial charge is 0.419 e. The molecule has 1 aromatic carbocycles. The number of hydrogen-bond donors (Lipinski definition) is 2. The molecule has 2 aromatic heterocycles. The summed E-state index contributed by atoms with van der Waals surface area (Å²) >= 11 is 0. The van der Waals surface area contributed by atoms with Crippen LogP contribution in [0.2, 0.25) is 0 Å². The predicted molar refractivity (Wildman–Crippen MR) is 152 cm³/mol. The summed E-state index contributed by atoms with van der Waals surface area (Å²) in [6, 6.07) is 10.3. The van der Waals surface area contributed by atoms with Crippen molar-refractivity contribution >= 4 is 29.2 Å². The number of amides is 1. The van der Waals surface area contributed by atoms with E-state index in [0.717, 1.165) is 67.3 Å². The van der Waals surface area contributed by atoms with E-state index in [4.69, 9.17) is 9.97 Å². The lowest BCUT2D eigenvalue weighted by Crippen LogP contribution is -2.31. The number of halogens is 3. The molecule has 11 heteroatoms. The molecule has 6 rings (SSSR count). The van der Waals surface area contributed by atoms with Crippen LogP contribution in [0.1, 0.15) is 54.5 Å². The molecule has 0 spiro atoms.